The van der Waals surface area contributed by atoms with Gasteiger partial charge in [0.15, 0.2) is 5.96 Å². The van der Waals surface area contributed by atoms with Crippen molar-refractivity contribution in [3.8, 4) is 11.5 Å². The lowest BCUT2D eigenvalue weighted by Gasteiger charge is -2.30. The molecule has 0 aliphatic carbocycles. The van der Waals surface area contributed by atoms with Crippen LogP contribution in [-0.2, 0) is 13.0 Å². The molecule has 2 atom stereocenters. The Kier molecular flexibility index (Phi) is 9.82. The lowest BCUT2D eigenvalue weighted by Crippen LogP contribution is -2.43. The molecule has 7 heteroatoms. The molecule has 0 radical (unpaired) electrons. The first-order valence-corrected chi connectivity index (χ1v) is 10.7. The monoisotopic (exact) mass is 516 g/mol. The zero-order chi connectivity index (χ0) is 19.9. The van der Waals surface area contributed by atoms with Gasteiger partial charge < -0.3 is 25.0 Å². The molecule has 1 aromatic rings. The summed E-state index contributed by atoms with van der Waals surface area (Å²) in [6.45, 7) is 11.6. The number of nitrogens with zero attached hydrogens (tertiary/aromatic N) is 2. The van der Waals surface area contributed by atoms with E-state index in [0.29, 0.717) is 19.1 Å². The molecule has 2 aliphatic heterocycles. The van der Waals surface area contributed by atoms with Crippen LogP contribution in [0.2, 0.25) is 0 Å². The lowest BCUT2D eigenvalue weighted by molar-refractivity contribution is 0.210. The summed E-state index contributed by atoms with van der Waals surface area (Å²) in [5.74, 6) is 3.45. The number of rotatable bonds is 7. The van der Waals surface area contributed by atoms with Gasteiger partial charge in [0.05, 0.1) is 13.2 Å². The van der Waals surface area contributed by atoms with E-state index in [0.717, 1.165) is 49.1 Å². The fraction of sp³-hybridized carbons (Fsp3) is 0.682. The highest BCUT2D eigenvalue weighted by atomic mass is 127. The maximum absolute atomic E-state index is 5.93. The van der Waals surface area contributed by atoms with E-state index in [1.54, 1.807) is 0 Å². The third-order valence-electron chi connectivity index (χ3n) is 5.41. The average molecular weight is 516 g/mol. The Balaban J connectivity index is 0.00000300. The van der Waals surface area contributed by atoms with Gasteiger partial charge in [-0.1, -0.05) is 0 Å². The molecule has 0 saturated carbocycles. The fourth-order valence-corrected chi connectivity index (χ4v) is 4.08. The van der Waals surface area contributed by atoms with Gasteiger partial charge in [-0.05, 0) is 65.3 Å². The number of hydrogen-bond donors (Lipinski definition) is 2. The molecular formula is C22H37IN4O2. The molecule has 1 saturated heterocycles. The molecule has 6 nitrogen and oxygen atoms in total. The normalized spacial score (nSPS) is 21.7. The summed E-state index contributed by atoms with van der Waals surface area (Å²) < 4.78 is 11.8. The molecule has 2 unspecified atom stereocenters. The number of aliphatic imine (C=N–C) groups is 1. The van der Waals surface area contributed by atoms with Crippen LogP contribution < -0.4 is 20.1 Å². The van der Waals surface area contributed by atoms with E-state index in [1.165, 1.54) is 24.9 Å². The molecule has 1 aromatic carbocycles. The summed E-state index contributed by atoms with van der Waals surface area (Å²) in [6, 6.07) is 4.23. The van der Waals surface area contributed by atoms with Crippen molar-refractivity contribution in [1.82, 2.24) is 15.5 Å². The molecular weight excluding hydrogens is 479 g/mol. The second-order valence-corrected chi connectivity index (χ2v) is 7.98. The quantitative estimate of drug-likeness (QED) is 0.331. The molecule has 29 heavy (non-hydrogen) atoms. The van der Waals surface area contributed by atoms with Gasteiger partial charge >= 0.3 is 0 Å². The molecule has 0 aromatic heterocycles. The van der Waals surface area contributed by atoms with E-state index < -0.39 is 0 Å². The van der Waals surface area contributed by atoms with Gasteiger partial charge in [-0.3, -0.25) is 0 Å². The Bertz CT molecular complexity index is 683. The number of guanidine groups is 1. The van der Waals surface area contributed by atoms with Crippen molar-refractivity contribution < 1.29 is 9.47 Å². The largest absolute Gasteiger partial charge is 0.494 e. The predicted molar refractivity (Wildman–Crippen MR) is 130 cm³/mol. The molecule has 0 amide bonds. The van der Waals surface area contributed by atoms with Crippen molar-refractivity contribution in [2.24, 2.45) is 10.9 Å². The maximum atomic E-state index is 5.93. The minimum absolute atomic E-state index is 0. The number of likely N-dealkylation sites (tertiary alicyclic amines) is 1. The van der Waals surface area contributed by atoms with Crippen molar-refractivity contribution in [2.75, 3.05) is 39.8 Å². The lowest BCUT2D eigenvalue weighted by atomic mass is 9.99. The zero-order valence-electron chi connectivity index (χ0n) is 18.3. The molecule has 0 bridgehead atoms. The number of fused-ring (bicyclic) bond motifs is 1. The van der Waals surface area contributed by atoms with E-state index in [4.69, 9.17) is 14.5 Å². The number of halogens is 1. The highest BCUT2D eigenvalue weighted by Crippen LogP contribution is 2.35. The van der Waals surface area contributed by atoms with Crippen LogP contribution in [0.3, 0.4) is 0 Å². The molecule has 1 fully saturated rings. The van der Waals surface area contributed by atoms with Crippen LogP contribution in [0.15, 0.2) is 17.1 Å². The third-order valence-corrected chi connectivity index (χ3v) is 5.41. The SMILES string of the molecule is CCNC(=NCc1cc2c(cc1OCC)CC(C)O2)NCC1CCCN(C)C1.I. The number of hydrogen-bond acceptors (Lipinski definition) is 4. The summed E-state index contributed by atoms with van der Waals surface area (Å²) in [6.07, 6.45) is 3.74. The Labute approximate surface area is 192 Å². The van der Waals surface area contributed by atoms with Crippen LogP contribution in [0.25, 0.3) is 0 Å². The van der Waals surface area contributed by atoms with Crippen molar-refractivity contribution in [3.63, 3.8) is 0 Å². The standard InChI is InChI=1S/C22H36N4O2.HI/c1-5-23-22(24-13-17-8-7-9-26(4)15-17)25-14-19-12-21-18(10-16(3)28-21)11-20(19)27-6-2;/h11-12,16-17H,5-10,13-15H2,1-4H3,(H2,23,24,25);1H. The topological polar surface area (TPSA) is 58.1 Å². The van der Waals surface area contributed by atoms with Crippen molar-refractivity contribution in [2.45, 2.75) is 52.7 Å². The van der Waals surface area contributed by atoms with Crippen molar-refractivity contribution in [3.05, 3.63) is 23.3 Å². The van der Waals surface area contributed by atoms with Crippen LogP contribution in [0, 0.1) is 5.92 Å². The van der Waals surface area contributed by atoms with Crippen LogP contribution in [0.1, 0.15) is 44.7 Å². The molecule has 2 N–H and O–H groups in total. The molecule has 3 rings (SSSR count). The summed E-state index contributed by atoms with van der Waals surface area (Å²) in [4.78, 5) is 7.24. The van der Waals surface area contributed by atoms with Gasteiger partial charge in [-0.15, -0.1) is 24.0 Å². The Morgan fingerprint density at radius 1 is 1.31 bits per heavy atom. The van der Waals surface area contributed by atoms with Crippen molar-refractivity contribution >= 4 is 29.9 Å². The third kappa shape index (κ3) is 6.91. The Morgan fingerprint density at radius 3 is 2.86 bits per heavy atom. The Hall–Kier alpha value is -1.22. The van der Waals surface area contributed by atoms with Gasteiger partial charge in [-0.25, -0.2) is 4.99 Å². The second kappa shape index (κ2) is 11.8. The van der Waals surface area contributed by atoms with Gasteiger partial charge in [0.2, 0.25) is 0 Å². The van der Waals surface area contributed by atoms with E-state index in [9.17, 15) is 0 Å². The van der Waals surface area contributed by atoms with Crippen molar-refractivity contribution in [1.29, 1.82) is 0 Å². The first-order valence-electron chi connectivity index (χ1n) is 10.7. The molecule has 2 aliphatic rings. The zero-order valence-corrected chi connectivity index (χ0v) is 20.6. The average Bonchev–Trinajstić information content (AvgIpc) is 3.03. The van der Waals surface area contributed by atoms with Crippen LogP contribution in [0.5, 0.6) is 11.5 Å². The van der Waals surface area contributed by atoms with Gasteiger partial charge in [0.25, 0.3) is 0 Å². The van der Waals surface area contributed by atoms with Gasteiger partial charge in [0.1, 0.15) is 17.6 Å². The van der Waals surface area contributed by atoms with Gasteiger partial charge in [0, 0.05) is 37.2 Å². The number of piperidine rings is 1. The highest BCUT2D eigenvalue weighted by Gasteiger charge is 2.22. The maximum Gasteiger partial charge on any atom is 0.191 e. The van der Waals surface area contributed by atoms with Crippen LogP contribution in [-0.4, -0.2) is 56.8 Å². The van der Waals surface area contributed by atoms with Crippen LogP contribution >= 0.6 is 24.0 Å². The van der Waals surface area contributed by atoms with Gasteiger partial charge in [-0.2, -0.15) is 0 Å². The number of benzene rings is 1. The highest BCUT2D eigenvalue weighted by molar-refractivity contribution is 14.0. The van der Waals surface area contributed by atoms with E-state index >= 15 is 0 Å². The van der Waals surface area contributed by atoms with E-state index in [-0.39, 0.29) is 30.1 Å². The molecule has 2 heterocycles. The minimum atomic E-state index is 0. The predicted octanol–water partition coefficient (Wildman–Crippen LogP) is 3.42. The molecule has 0 spiro atoms. The Morgan fingerprint density at radius 2 is 2.14 bits per heavy atom. The summed E-state index contributed by atoms with van der Waals surface area (Å²) >= 11 is 0. The fourth-order valence-electron chi connectivity index (χ4n) is 4.08. The minimum Gasteiger partial charge on any atom is -0.494 e. The summed E-state index contributed by atoms with van der Waals surface area (Å²) in [5, 5.41) is 6.90. The second-order valence-electron chi connectivity index (χ2n) is 7.98. The summed E-state index contributed by atoms with van der Waals surface area (Å²) in [7, 11) is 2.21. The van der Waals surface area contributed by atoms with E-state index in [1.807, 2.05) is 6.92 Å². The number of nitrogens with one attached hydrogen (secondary N) is 2. The molecule has 164 valence electrons. The smallest absolute Gasteiger partial charge is 0.191 e. The summed E-state index contributed by atoms with van der Waals surface area (Å²) in [5.41, 5.74) is 2.31. The first-order chi connectivity index (χ1) is 13.6. The van der Waals surface area contributed by atoms with E-state index in [2.05, 4.69) is 48.6 Å². The first kappa shape index (κ1) is 24.1. The van der Waals surface area contributed by atoms with Crippen LogP contribution in [0.4, 0.5) is 0 Å². The number of ether oxygens (including phenoxy) is 2.